The van der Waals surface area contributed by atoms with Gasteiger partial charge >= 0.3 is 6.03 Å². The highest BCUT2D eigenvalue weighted by atomic mass is 16.2. The lowest BCUT2D eigenvalue weighted by Gasteiger charge is -2.45. The van der Waals surface area contributed by atoms with Crippen molar-refractivity contribution in [3.05, 3.63) is 64.2 Å². The molecule has 2 aromatic carbocycles. The normalized spacial score (nSPS) is 21.6. The second-order valence-electron chi connectivity index (χ2n) is 9.52. The Kier molecular flexibility index (Phi) is 5.19. The summed E-state index contributed by atoms with van der Waals surface area (Å²) in [5.74, 6) is -0.950. The molecule has 1 atom stereocenters. The van der Waals surface area contributed by atoms with E-state index in [1.807, 2.05) is 38.1 Å². The average molecular weight is 432 g/mol. The van der Waals surface area contributed by atoms with Gasteiger partial charge in [0, 0.05) is 18.3 Å². The molecule has 2 aliphatic rings. The molecule has 1 N–H and O–H groups in total. The molecule has 0 aromatic heterocycles. The topological polar surface area (TPSA) is 69.7 Å². The van der Waals surface area contributed by atoms with E-state index in [0.29, 0.717) is 11.6 Å². The third kappa shape index (κ3) is 3.60. The van der Waals surface area contributed by atoms with E-state index >= 15 is 0 Å². The van der Waals surface area contributed by atoms with E-state index in [1.165, 1.54) is 5.56 Å². The molecule has 6 nitrogen and oxygen atoms in total. The standard InChI is InChI=1S/C26H29N3O3/c1-15-7-9-19(11-16(15)2)29-24(31)21(23(30)27-25(29)32)13-18-8-10-22-20(12-18)17(3)14-26(4,5)28(22)6/h7-13,17H,14H2,1-6H3,(H,27,30,32)/b21-13-. The van der Waals surface area contributed by atoms with Crippen molar-refractivity contribution in [3.63, 3.8) is 0 Å². The second-order valence-corrected chi connectivity index (χ2v) is 9.52. The second kappa shape index (κ2) is 7.62. The number of nitrogens with zero attached hydrogens (tertiary/aromatic N) is 2. The van der Waals surface area contributed by atoms with Gasteiger partial charge in [-0.2, -0.15) is 0 Å². The fourth-order valence-corrected chi connectivity index (χ4v) is 4.61. The highest BCUT2D eigenvalue weighted by Crippen LogP contribution is 2.42. The molecular weight excluding hydrogens is 402 g/mol. The first kappa shape index (κ1) is 21.8. The van der Waals surface area contributed by atoms with Crippen molar-refractivity contribution in [2.75, 3.05) is 16.8 Å². The number of urea groups is 1. The minimum absolute atomic E-state index is 0.0542. The van der Waals surface area contributed by atoms with Crippen LogP contribution in [-0.4, -0.2) is 30.4 Å². The van der Waals surface area contributed by atoms with Crippen LogP contribution < -0.4 is 15.1 Å². The number of hydrogen-bond donors (Lipinski definition) is 1. The van der Waals surface area contributed by atoms with Gasteiger partial charge < -0.3 is 4.90 Å². The number of nitrogens with one attached hydrogen (secondary N) is 1. The van der Waals surface area contributed by atoms with E-state index in [1.54, 1.807) is 18.2 Å². The van der Waals surface area contributed by atoms with Crippen LogP contribution in [0.2, 0.25) is 0 Å². The maximum Gasteiger partial charge on any atom is 0.335 e. The van der Waals surface area contributed by atoms with E-state index in [-0.39, 0.29) is 11.1 Å². The zero-order chi connectivity index (χ0) is 23.4. The van der Waals surface area contributed by atoms with Crippen molar-refractivity contribution >= 4 is 35.3 Å². The van der Waals surface area contributed by atoms with Crippen LogP contribution in [0.15, 0.2) is 42.0 Å². The van der Waals surface area contributed by atoms with Crippen LogP contribution in [0.1, 0.15) is 55.4 Å². The fourth-order valence-electron chi connectivity index (χ4n) is 4.61. The number of anilines is 2. The molecule has 6 heteroatoms. The van der Waals surface area contributed by atoms with E-state index in [9.17, 15) is 14.4 Å². The molecule has 0 saturated carbocycles. The summed E-state index contributed by atoms with van der Waals surface area (Å²) in [6.45, 7) is 10.5. The van der Waals surface area contributed by atoms with Crippen LogP contribution >= 0.6 is 0 Å². The van der Waals surface area contributed by atoms with Crippen LogP contribution in [0.25, 0.3) is 6.08 Å². The number of carbonyl (C=O) groups excluding carboxylic acids is 3. The Morgan fingerprint density at radius 1 is 1.03 bits per heavy atom. The molecule has 0 radical (unpaired) electrons. The van der Waals surface area contributed by atoms with E-state index in [4.69, 9.17) is 0 Å². The number of hydrogen-bond acceptors (Lipinski definition) is 4. The molecule has 2 heterocycles. The third-order valence-corrected chi connectivity index (χ3v) is 6.82. The van der Waals surface area contributed by atoms with Gasteiger partial charge in [-0.1, -0.05) is 19.1 Å². The summed E-state index contributed by atoms with van der Waals surface area (Å²) >= 11 is 0. The molecule has 2 aromatic rings. The van der Waals surface area contributed by atoms with Crippen LogP contribution in [0.3, 0.4) is 0 Å². The quantitative estimate of drug-likeness (QED) is 0.553. The zero-order valence-corrected chi connectivity index (χ0v) is 19.4. The van der Waals surface area contributed by atoms with Crippen LogP contribution in [0.5, 0.6) is 0 Å². The Balaban J connectivity index is 1.73. The summed E-state index contributed by atoms with van der Waals surface area (Å²) in [6, 6.07) is 10.6. The third-order valence-electron chi connectivity index (χ3n) is 6.82. The van der Waals surface area contributed by atoms with Gasteiger partial charge in [0.2, 0.25) is 0 Å². The lowest BCUT2D eigenvalue weighted by Crippen LogP contribution is -2.54. The van der Waals surface area contributed by atoms with Gasteiger partial charge in [-0.05, 0) is 92.6 Å². The molecule has 2 aliphatic heterocycles. The van der Waals surface area contributed by atoms with E-state index in [2.05, 4.69) is 38.0 Å². The fraction of sp³-hybridized carbons (Fsp3) is 0.346. The predicted molar refractivity (Wildman–Crippen MR) is 127 cm³/mol. The summed E-state index contributed by atoms with van der Waals surface area (Å²) in [5.41, 5.74) is 5.56. The van der Waals surface area contributed by atoms with Crippen molar-refractivity contribution in [2.45, 2.75) is 52.5 Å². The summed E-state index contributed by atoms with van der Waals surface area (Å²) in [7, 11) is 2.09. The van der Waals surface area contributed by atoms with E-state index < -0.39 is 17.8 Å². The Morgan fingerprint density at radius 2 is 1.75 bits per heavy atom. The van der Waals surface area contributed by atoms with Gasteiger partial charge in [0.1, 0.15) is 5.57 Å². The molecule has 32 heavy (non-hydrogen) atoms. The van der Waals surface area contributed by atoms with Crippen molar-refractivity contribution in [3.8, 4) is 0 Å². The van der Waals surface area contributed by atoms with Gasteiger partial charge in [-0.3, -0.25) is 14.9 Å². The molecule has 1 unspecified atom stereocenters. The Labute approximate surface area is 188 Å². The van der Waals surface area contributed by atoms with Gasteiger partial charge in [-0.25, -0.2) is 9.69 Å². The van der Waals surface area contributed by atoms with Gasteiger partial charge in [0.05, 0.1) is 5.69 Å². The first-order chi connectivity index (χ1) is 15.0. The molecule has 1 saturated heterocycles. The van der Waals surface area contributed by atoms with Crippen molar-refractivity contribution in [1.29, 1.82) is 0 Å². The molecule has 166 valence electrons. The first-order valence-corrected chi connectivity index (χ1v) is 10.9. The number of barbiturate groups is 1. The summed E-state index contributed by atoms with van der Waals surface area (Å²) in [4.78, 5) is 41.5. The Hall–Kier alpha value is -3.41. The maximum atomic E-state index is 13.2. The largest absolute Gasteiger partial charge is 0.369 e. The Morgan fingerprint density at radius 3 is 2.44 bits per heavy atom. The van der Waals surface area contributed by atoms with Crippen LogP contribution in [0, 0.1) is 13.8 Å². The van der Waals surface area contributed by atoms with Gasteiger partial charge in [0.25, 0.3) is 11.8 Å². The summed E-state index contributed by atoms with van der Waals surface area (Å²) in [6.07, 6.45) is 2.58. The van der Waals surface area contributed by atoms with Gasteiger partial charge in [0.15, 0.2) is 0 Å². The predicted octanol–water partition coefficient (Wildman–Crippen LogP) is 4.69. The molecule has 4 rings (SSSR count). The monoisotopic (exact) mass is 431 g/mol. The molecule has 0 bridgehead atoms. The maximum absolute atomic E-state index is 13.2. The summed E-state index contributed by atoms with van der Waals surface area (Å²) in [5, 5.41) is 2.30. The van der Waals surface area contributed by atoms with Crippen molar-refractivity contribution in [2.24, 2.45) is 0 Å². The lowest BCUT2D eigenvalue weighted by atomic mass is 9.80. The molecule has 4 amide bonds. The zero-order valence-electron chi connectivity index (χ0n) is 19.4. The van der Waals surface area contributed by atoms with Gasteiger partial charge in [-0.15, -0.1) is 0 Å². The average Bonchev–Trinajstić information content (AvgIpc) is 2.71. The number of benzene rings is 2. The number of aryl methyl sites for hydroxylation is 2. The van der Waals surface area contributed by atoms with Crippen molar-refractivity contribution < 1.29 is 14.4 Å². The number of imide groups is 2. The molecule has 0 aliphatic carbocycles. The molecule has 0 spiro atoms. The number of rotatable bonds is 2. The molecular formula is C26H29N3O3. The Bertz CT molecular complexity index is 1180. The van der Waals surface area contributed by atoms with Crippen molar-refractivity contribution in [1.82, 2.24) is 5.32 Å². The number of carbonyl (C=O) groups is 3. The summed E-state index contributed by atoms with van der Waals surface area (Å²) < 4.78 is 0. The lowest BCUT2D eigenvalue weighted by molar-refractivity contribution is -0.122. The first-order valence-electron chi connectivity index (χ1n) is 10.9. The minimum Gasteiger partial charge on any atom is -0.369 e. The van der Waals surface area contributed by atoms with Crippen LogP contribution in [0.4, 0.5) is 16.2 Å². The number of fused-ring (bicyclic) bond motifs is 1. The smallest absolute Gasteiger partial charge is 0.335 e. The van der Waals surface area contributed by atoms with Crippen LogP contribution in [-0.2, 0) is 9.59 Å². The minimum atomic E-state index is -0.733. The van der Waals surface area contributed by atoms with E-state index in [0.717, 1.165) is 33.7 Å². The highest BCUT2D eigenvalue weighted by molar-refractivity contribution is 6.39. The molecule has 1 fully saturated rings. The highest BCUT2D eigenvalue weighted by Gasteiger charge is 2.37. The number of amides is 4. The SMILES string of the molecule is Cc1ccc(N2C(=O)NC(=O)/C(=C/c3ccc4c(c3)C(C)CC(C)(C)N4C)C2=O)cc1C.